The van der Waals surface area contributed by atoms with Gasteiger partial charge in [0, 0.05) is 16.6 Å². The SMILES string of the molecule is CC(Sc1nnc2c(n1)[nH]c1ccccc12)C(=O)Nc1ccc(S(N)(=O)=O)cc1. The molecule has 1 unspecified atom stereocenters. The molecule has 0 saturated heterocycles. The minimum Gasteiger partial charge on any atom is -0.338 e. The second-order valence-electron chi connectivity index (χ2n) is 6.28. The zero-order chi connectivity index (χ0) is 20.6. The molecular weight excluding hydrogens is 412 g/mol. The van der Waals surface area contributed by atoms with E-state index in [4.69, 9.17) is 5.14 Å². The lowest BCUT2D eigenvalue weighted by atomic mass is 10.2. The Balaban J connectivity index is 1.47. The van der Waals surface area contributed by atoms with Gasteiger partial charge in [-0.05, 0) is 37.3 Å². The molecule has 11 heteroatoms. The van der Waals surface area contributed by atoms with E-state index in [0.29, 0.717) is 22.0 Å². The number of primary sulfonamides is 1. The lowest BCUT2D eigenvalue weighted by Gasteiger charge is -2.11. The third kappa shape index (κ3) is 4.06. The number of amides is 1. The number of hydrogen-bond acceptors (Lipinski definition) is 7. The normalized spacial score (nSPS) is 12.9. The van der Waals surface area contributed by atoms with E-state index in [1.165, 1.54) is 36.0 Å². The second-order valence-corrected chi connectivity index (χ2v) is 9.15. The minimum atomic E-state index is -3.78. The summed E-state index contributed by atoms with van der Waals surface area (Å²) < 4.78 is 22.6. The van der Waals surface area contributed by atoms with Crippen molar-refractivity contribution in [2.75, 3.05) is 5.32 Å². The fraction of sp³-hybridized carbons (Fsp3) is 0.111. The van der Waals surface area contributed by atoms with Crippen LogP contribution in [-0.4, -0.2) is 39.7 Å². The number of carbonyl (C=O) groups is 1. The van der Waals surface area contributed by atoms with Crippen molar-refractivity contribution in [3.63, 3.8) is 0 Å². The number of carbonyl (C=O) groups excluding carboxylic acids is 1. The highest BCUT2D eigenvalue weighted by Gasteiger charge is 2.18. The summed E-state index contributed by atoms with van der Waals surface area (Å²) >= 11 is 1.17. The van der Waals surface area contributed by atoms with Crippen LogP contribution in [0, 0.1) is 0 Å². The number of hydrogen-bond donors (Lipinski definition) is 3. The molecule has 0 aliphatic carbocycles. The predicted molar refractivity (Wildman–Crippen MR) is 111 cm³/mol. The molecule has 0 aliphatic rings. The van der Waals surface area contributed by atoms with Gasteiger partial charge in [0.2, 0.25) is 21.1 Å². The largest absolute Gasteiger partial charge is 0.338 e. The maximum absolute atomic E-state index is 12.4. The quantitative estimate of drug-likeness (QED) is 0.414. The molecule has 148 valence electrons. The number of nitrogens with one attached hydrogen (secondary N) is 2. The Morgan fingerprint density at radius 3 is 2.59 bits per heavy atom. The molecule has 1 atom stereocenters. The molecule has 2 aromatic carbocycles. The standard InChI is InChI=1S/C18H16N6O3S2/c1-10(17(25)20-11-6-8-12(9-7-11)29(19,26)27)28-18-22-16-15(23-24-18)13-4-2-3-5-14(13)21-16/h2-10H,1H3,(H,20,25)(H2,19,26,27)(H,21,22,24). The van der Waals surface area contributed by atoms with E-state index in [9.17, 15) is 13.2 Å². The van der Waals surface area contributed by atoms with Gasteiger partial charge in [-0.1, -0.05) is 30.0 Å². The van der Waals surface area contributed by atoms with E-state index in [2.05, 4.69) is 25.5 Å². The molecule has 0 radical (unpaired) electrons. The van der Waals surface area contributed by atoms with Crippen molar-refractivity contribution in [3.05, 3.63) is 48.5 Å². The van der Waals surface area contributed by atoms with Gasteiger partial charge >= 0.3 is 0 Å². The molecule has 29 heavy (non-hydrogen) atoms. The average molecular weight is 428 g/mol. The van der Waals surface area contributed by atoms with Gasteiger partial charge in [-0.2, -0.15) is 0 Å². The number of thioether (sulfide) groups is 1. The molecule has 0 spiro atoms. The third-order valence-corrected chi connectivity index (χ3v) is 6.08. The summed E-state index contributed by atoms with van der Waals surface area (Å²) in [5.74, 6) is -0.279. The number of aromatic nitrogens is 4. The van der Waals surface area contributed by atoms with E-state index < -0.39 is 15.3 Å². The van der Waals surface area contributed by atoms with Gasteiger partial charge in [0.1, 0.15) is 5.52 Å². The minimum absolute atomic E-state index is 0.0240. The monoisotopic (exact) mass is 428 g/mol. The van der Waals surface area contributed by atoms with E-state index in [-0.39, 0.29) is 10.8 Å². The van der Waals surface area contributed by atoms with Gasteiger partial charge < -0.3 is 10.3 Å². The number of para-hydroxylation sites is 1. The molecular formula is C18H16N6O3S2. The molecule has 4 rings (SSSR count). The van der Waals surface area contributed by atoms with Crippen LogP contribution in [0.2, 0.25) is 0 Å². The van der Waals surface area contributed by atoms with Crippen LogP contribution in [0.25, 0.3) is 22.1 Å². The van der Waals surface area contributed by atoms with E-state index in [1.807, 2.05) is 24.3 Å². The number of anilines is 1. The second kappa shape index (κ2) is 7.43. The van der Waals surface area contributed by atoms with Crippen molar-refractivity contribution in [1.29, 1.82) is 0 Å². The number of fused-ring (bicyclic) bond motifs is 3. The molecule has 0 saturated carbocycles. The summed E-state index contributed by atoms with van der Waals surface area (Å²) in [7, 11) is -3.78. The average Bonchev–Trinajstić information content (AvgIpc) is 3.05. The number of nitrogens with zero attached hydrogens (tertiary/aromatic N) is 3. The molecule has 1 amide bonds. The maximum atomic E-state index is 12.4. The summed E-state index contributed by atoms with van der Waals surface area (Å²) in [5.41, 5.74) is 2.66. The van der Waals surface area contributed by atoms with Crippen LogP contribution in [0.4, 0.5) is 5.69 Å². The van der Waals surface area contributed by atoms with Crippen molar-refractivity contribution < 1.29 is 13.2 Å². The topological polar surface area (TPSA) is 144 Å². The molecule has 0 bridgehead atoms. The Kier molecular flexibility index (Phi) is 4.94. The third-order valence-electron chi connectivity index (χ3n) is 4.20. The van der Waals surface area contributed by atoms with Gasteiger partial charge in [-0.25, -0.2) is 18.5 Å². The first kappa shape index (κ1) is 19.3. The van der Waals surface area contributed by atoms with E-state index in [1.54, 1.807) is 6.92 Å². The van der Waals surface area contributed by atoms with Gasteiger partial charge in [0.15, 0.2) is 5.65 Å². The highest BCUT2D eigenvalue weighted by molar-refractivity contribution is 8.00. The Morgan fingerprint density at radius 2 is 1.86 bits per heavy atom. The Labute approximate surface area is 170 Å². The van der Waals surface area contributed by atoms with Crippen molar-refractivity contribution in [2.45, 2.75) is 22.2 Å². The lowest BCUT2D eigenvalue weighted by Crippen LogP contribution is -2.22. The Morgan fingerprint density at radius 1 is 1.14 bits per heavy atom. The number of H-pyrrole nitrogens is 1. The maximum Gasteiger partial charge on any atom is 0.238 e. The number of sulfonamides is 1. The molecule has 4 N–H and O–H groups in total. The first-order chi connectivity index (χ1) is 13.8. The highest BCUT2D eigenvalue weighted by atomic mass is 32.2. The zero-order valence-corrected chi connectivity index (χ0v) is 16.8. The summed E-state index contributed by atoms with van der Waals surface area (Å²) in [6.45, 7) is 1.72. The Hall–Kier alpha value is -3.02. The fourth-order valence-electron chi connectivity index (χ4n) is 2.74. The van der Waals surface area contributed by atoms with Gasteiger partial charge in [-0.3, -0.25) is 4.79 Å². The highest BCUT2D eigenvalue weighted by Crippen LogP contribution is 2.25. The van der Waals surface area contributed by atoms with Crippen molar-refractivity contribution >= 4 is 55.4 Å². The molecule has 2 heterocycles. The van der Waals surface area contributed by atoms with Crippen molar-refractivity contribution in [2.24, 2.45) is 5.14 Å². The van der Waals surface area contributed by atoms with Crippen LogP contribution in [-0.2, 0) is 14.8 Å². The lowest BCUT2D eigenvalue weighted by molar-refractivity contribution is -0.115. The van der Waals surface area contributed by atoms with Crippen LogP contribution in [0.3, 0.4) is 0 Å². The Bertz CT molecular complexity index is 1320. The van der Waals surface area contributed by atoms with Crippen LogP contribution in [0.1, 0.15) is 6.92 Å². The van der Waals surface area contributed by atoms with Gasteiger partial charge in [-0.15, -0.1) is 10.2 Å². The van der Waals surface area contributed by atoms with Crippen LogP contribution >= 0.6 is 11.8 Å². The summed E-state index contributed by atoms with van der Waals surface area (Å²) in [5, 5.41) is 16.9. The van der Waals surface area contributed by atoms with Crippen molar-refractivity contribution in [3.8, 4) is 0 Å². The van der Waals surface area contributed by atoms with Gasteiger partial charge in [0.05, 0.1) is 10.1 Å². The number of aromatic amines is 1. The fourth-order valence-corrected chi connectivity index (χ4v) is 3.97. The van der Waals surface area contributed by atoms with E-state index >= 15 is 0 Å². The smallest absolute Gasteiger partial charge is 0.238 e. The predicted octanol–water partition coefficient (Wildman–Crippen LogP) is 2.27. The van der Waals surface area contributed by atoms with E-state index in [0.717, 1.165) is 10.9 Å². The summed E-state index contributed by atoms with van der Waals surface area (Å²) in [6, 6.07) is 13.3. The summed E-state index contributed by atoms with van der Waals surface area (Å²) in [6.07, 6.45) is 0. The first-order valence-corrected chi connectivity index (χ1v) is 11.0. The number of rotatable bonds is 5. The van der Waals surface area contributed by atoms with Crippen LogP contribution < -0.4 is 10.5 Å². The van der Waals surface area contributed by atoms with Gasteiger partial charge in [0.25, 0.3) is 0 Å². The molecule has 9 nitrogen and oxygen atoms in total. The molecule has 2 aromatic heterocycles. The molecule has 0 fully saturated rings. The van der Waals surface area contributed by atoms with Crippen LogP contribution in [0.15, 0.2) is 58.6 Å². The zero-order valence-electron chi connectivity index (χ0n) is 15.2. The van der Waals surface area contributed by atoms with Crippen molar-refractivity contribution in [1.82, 2.24) is 20.2 Å². The first-order valence-electron chi connectivity index (χ1n) is 8.53. The number of nitrogens with two attached hydrogens (primary N) is 1. The van der Waals surface area contributed by atoms with Crippen LogP contribution in [0.5, 0.6) is 0 Å². The molecule has 0 aliphatic heterocycles. The summed E-state index contributed by atoms with van der Waals surface area (Å²) in [4.78, 5) is 20.1. The molecule has 4 aromatic rings. The number of benzene rings is 2.